The van der Waals surface area contributed by atoms with Crippen LogP contribution in [0, 0.1) is 11.3 Å². The summed E-state index contributed by atoms with van der Waals surface area (Å²) in [7, 11) is 3.15. The van der Waals surface area contributed by atoms with E-state index in [0.717, 1.165) is 10.6 Å². The van der Waals surface area contributed by atoms with Gasteiger partial charge in [-0.2, -0.15) is 5.26 Å². The lowest BCUT2D eigenvalue weighted by atomic mass is 10.2. The van der Waals surface area contributed by atoms with Crippen molar-refractivity contribution in [2.75, 3.05) is 14.2 Å². The molecule has 2 aromatic rings. The Morgan fingerprint density at radius 3 is 2.74 bits per heavy atom. The lowest BCUT2D eigenvalue weighted by molar-refractivity contribution is -0.145. The zero-order valence-corrected chi connectivity index (χ0v) is 13.8. The molecule has 0 radical (unpaired) electrons. The number of benzene rings is 1. The van der Waals surface area contributed by atoms with Crippen LogP contribution in [0.5, 0.6) is 11.5 Å². The van der Waals surface area contributed by atoms with Crippen LogP contribution in [0.1, 0.15) is 12.6 Å². The Kier molecular flexibility index (Phi) is 5.55. The molecule has 120 valence electrons. The zero-order valence-electron chi connectivity index (χ0n) is 13.0. The maximum absolute atomic E-state index is 11.7. The third kappa shape index (κ3) is 4.20. The summed E-state index contributed by atoms with van der Waals surface area (Å²) in [4.78, 5) is 16.1. The minimum atomic E-state index is -0.758. The molecule has 7 heteroatoms. The third-order valence-corrected chi connectivity index (χ3v) is 3.94. The van der Waals surface area contributed by atoms with E-state index in [1.165, 1.54) is 18.3 Å². The van der Waals surface area contributed by atoms with Gasteiger partial charge in [0, 0.05) is 10.9 Å². The first kappa shape index (κ1) is 16.8. The molecule has 0 unspecified atom stereocenters. The van der Waals surface area contributed by atoms with Gasteiger partial charge in [0.25, 0.3) is 0 Å². The molecule has 0 fully saturated rings. The highest BCUT2D eigenvalue weighted by Crippen LogP contribution is 2.33. The smallest absolute Gasteiger partial charge is 0.313 e. The molecule has 0 bridgehead atoms. The number of nitriles is 1. The summed E-state index contributed by atoms with van der Waals surface area (Å²) >= 11 is 1.42. The zero-order chi connectivity index (χ0) is 16.8. The predicted octanol–water partition coefficient (Wildman–Crippen LogP) is 2.83. The second kappa shape index (κ2) is 7.61. The molecule has 1 aromatic heterocycles. The number of nitrogens with zero attached hydrogens (tertiary/aromatic N) is 2. The van der Waals surface area contributed by atoms with Crippen molar-refractivity contribution in [1.29, 1.82) is 5.26 Å². The molecular weight excluding hydrogens is 316 g/mol. The molecule has 0 aliphatic carbocycles. The number of thiazole rings is 1. The van der Waals surface area contributed by atoms with Gasteiger partial charge in [-0.1, -0.05) is 0 Å². The van der Waals surface area contributed by atoms with Gasteiger partial charge in [0.05, 0.1) is 26.3 Å². The maximum atomic E-state index is 11.7. The standard InChI is InChI=1S/C16H16N2O4S/c1-10(8-17)22-15(19)7-12-9-23-16(18-12)11-4-5-13(20-2)14(6-11)21-3/h4-6,9-10H,7H2,1-3H3/t10-/m0/s1. The number of aromatic nitrogens is 1. The Morgan fingerprint density at radius 1 is 1.35 bits per heavy atom. The molecule has 23 heavy (non-hydrogen) atoms. The molecule has 0 aliphatic rings. The highest BCUT2D eigenvalue weighted by Gasteiger charge is 2.14. The Balaban J connectivity index is 2.13. The topological polar surface area (TPSA) is 81.4 Å². The van der Waals surface area contributed by atoms with Crippen LogP contribution in [0.3, 0.4) is 0 Å². The van der Waals surface area contributed by atoms with E-state index in [0.29, 0.717) is 17.2 Å². The van der Waals surface area contributed by atoms with Crippen molar-refractivity contribution in [1.82, 2.24) is 4.98 Å². The monoisotopic (exact) mass is 332 g/mol. The predicted molar refractivity (Wildman–Crippen MR) is 85.5 cm³/mol. The molecule has 0 spiro atoms. The van der Waals surface area contributed by atoms with E-state index >= 15 is 0 Å². The molecule has 0 saturated heterocycles. The van der Waals surface area contributed by atoms with Gasteiger partial charge in [0.15, 0.2) is 17.6 Å². The molecule has 6 nitrogen and oxygen atoms in total. The van der Waals surface area contributed by atoms with Crippen LogP contribution in [0.15, 0.2) is 23.6 Å². The average Bonchev–Trinajstić information content (AvgIpc) is 3.02. The largest absolute Gasteiger partial charge is 0.493 e. The second-order valence-electron chi connectivity index (χ2n) is 4.65. The fourth-order valence-corrected chi connectivity index (χ4v) is 2.72. The van der Waals surface area contributed by atoms with Crippen LogP contribution in [-0.4, -0.2) is 31.3 Å². The summed E-state index contributed by atoms with van der Waals surface area (Å²) < 4.78 is 15.4. The summed E-state index contributed by atoms with van der Waals surface area (Å²) in [5.41, 5.74) is 1.48. The van der Waals surface area contributed by atoms with E-state index in [1.54, 1.807) is 25.7 Å². The van der Waals surface area contributed by atoms with Crippen LogP contribution in [0.25, 0.3) is 10.6 Å². The molecule has 0 N–H and O–H groups in total. The van der Waals surface area contributed by atoms with E-state index in [4.69, 9.17) is 19.5 Å². The van der Waals surface area contributed by atoms with Gasteiger partial charge in [-0.3, -0.25) is 4.79 Å². The van der Waals surface area contributed by atoms with Crippen molar-refractivity contribution in [2.45, 2.75) is 19.4 Å². The summed E-state index contributed by atoms with van der Waals surface area (Å²) in [6, 6.07) is 7.36. The van der Waals surface area contributed by atoms with Gasteiger partial charge < -0.3 is 14.2 Å². The summed E-state index contributed by atoms with van der Waals surface area (Å²) in [6.45, 7) is 1.52. The average molecular weight is 332 g/mol. The summed E-state index contributed by atoms with van der Waals surface area (Å²) in [6.07, 6.45) is -0.720. The minimum Gasteiger partial charge on any atom is -0.493 e. The Morgan fingerprint density at radius 2 is 2.09 bits per heavy atom. The molecule has 1 heterocycles. The number of hydrogen-bond acceptors (Lipinski definition) is 7. The fraction of sp³-hybridized carbons (Fsp3) is 0.312. The Labute approximate surface area is 138 Å². The maximum Gasteiger partial charge on any atom is 0.313 e. The van der Waals surface area contributed by atoms with Crippen molar-refractivity contribution in [3.8, 4) is 28.1 Å². The highest BCUT2D eigenvalue weighted by molar-refractivity contribution is 7.13. The first-order valence-corrected chi connectivity index (χ1v) is 7.71. The van der Waals surface area contributed by atoms with Crippen molar-refractivity contribution < 1.29 is 19.0 Å². The fourth-order valence-electron chi connectivity index (χ4n) is 1.90. The molecule has 0 amide bonds. The Bertz CT molecular complexity index is 736. The lowest BCUT2D eigenvalue weighted by Crippen LogP contribution is -2.15. The van der Waals surface area contributed by atoms with Gasteiger partial charge in [-0.25, -0.2) is 4.98 Å². The number of methoxy groups -OCH3 is 2. The summed E-state index contributed by atoms with van der Waals surface area (Å²) in [5, 5.41) is 11.2. The molecule has 1 atom stereocenters. The van der Waals surface area contributed by atoms with Crippen molar-refractivity contribution >= 4 is 17.3 Å². The quantitative estimate of drug-likeness (QED) is 0.757. The molecule has 0 saturated carbocycles. The van der Waals surface area contributed by atoms with E-state index in [2.05, 4.69) is 4.98 Å². The Hall–Kier alpha value is -2.59. The van der Waals surface area contributed by atoms with E-state index < -0.39 is 12.1 Å². The number of carbonyl (C=O) groups excluding carboxylic acids is 1. The number of carbonyl (C=O) groups is 1. The van der Waals surface area contributed by atoms with Crippen LogP contribution in [0.2, 0.25) is 0 Å². The molecular formula is C16H16N2O4S. The SMILES string of the molecule is COc1ccc(-c2nc(CC(=O)O[C@@H](C)C#N)cs2)cc1OC. The van der Waals surface area contributed by atoms with Crippen LogP contribution in [0.4, 0.5) is 0 Å². The third-order valence-electron chi connectivity index (χ3n) is 3.00. The number of esters is 1. The van der Waals surface area contributed by atoms with Gasteiger partial charge in [0.2, 0.25) is 0 Å². The highest BCUT2D eigenvalue weighted by atomic mass is 32.1. The first-order valence-electron chi connectivity index (χ1n) is 6.83. The molecule has 1 aromatic carbocycles. The van der Waals surface area contributed by atoms with Crippen molar-refractivity contribution in [3.63, 3.8) is 0 Å². The van der Waals surface area contributed by atoms with E-state index in [9.17, 15) is 4.79 Å². The van der Waals surface area contributed by atoms with Crippen molar-refractivity contribution in [3.05, 3.63) is 29.3 Å². The minimum absolute atomic E-state index is 0.0375. The first-order chi connectivity index (χ1) is 11.1. The van der Waals surface area contributed by atoms with E-state index in [1.807, 2.05) is 18.2 Å². The van der Waals surface area contributed by atoms with Gasteiger partial charge >= 0.3 is 5.97 Å². The normalized spacial score (nSPS) is 11.4. The van der Waals surface area contributed by atoms with Crippen molar-refractivity contribution in [2.24, 2.45) is 0 Å². The molecule has 0 aliphatic heterocycles. The second-order valence-corrected chi connectivity index (χ2v) is 5.51. The number of ether oxygens (including phenoxy) is 3. The van der Waals surface area contributed by atoms with Crippen LogP contribution >= 0.6 is 11.3 Å². The van der Waals surface area contributed by atoms with E-state index in [-0.39, 0.29) is 6.42 Å². The van der Waals surface area contributed by atoms with Gasteiger partial charge in [-0.05, 0) is 25.1 Å². The number of hydrogen-bond donors (Lipinski definition) is 0. The van der Waals surface area contributed by atoms with Crippen LogP contribution in [-0.2, 0) is 16.0 Å². The lowest BCUT2D eigenvalue weighted by Gasteiger charge is -2.08. The van der Waals surface area contributed by atoms with Gasteiger partial charge in [-0.15, -0.1) is 11.3 Å². The van der Waals surface area contributed by atoms with Gasteiger partial charge in [0.1, 0.15) is 11.1 Å². The number of rotatable bonds is 6. The molecule has 2 rings (SSSR count). The van der Waals surface area contributed by atoms with Crippen LogP contribution < -0.4 is 9.47 Å². The summed E-state index contributed by atoms with van der Waals surface area (Å²) in [5.74, 6) is 0.786.